The number of hydrogen-bond acceptors (Lipinski definition) is 4. The maximum absolute atomic E-state index is 5.98. The van der Waals surface area contributed by atoms with Gasteiger partial charge in [-0.05, 0) is 19.9 Å². The minimum absolute atomic E-state index is 0.0688. The third-order valence-corrected chi connectivity index (χ3v) is 3.08. The van der Waals surface area contributed by atoms with Gasteiger partial charge in [-0.1, -0.05) is 12.8 Å². The van der Waals surface area contributed by atoms with Crippen LogP contribution in [0.2, 0.25) is 0 Å². The summed E-state index contributed by atoms with van der Waals surface area (Å²) in [5.74, 6) is 0. The molecule has 1 rings (SSSR count). The largest absolute Gasteiger partial charge is 0.382 e. The van der Waals surface area contributed by atoms with Crippen molar-refractivity contribution in [3.8, 4) is 0 Å². The van der Waals surface area contributed by atoms with Gasteiger partial charge in [-0.2, -0.15) is 0 Å². The normalized spacial score (nSPS) is 19.1. The summed E-state index contributed by atoms with van der Waals surface area (Å²) in [5.41, 5.74) is 0.0688. The minimum atomic E-state index is 0.0688. The molecular formula is C12H25NO3. The van der Waals surface area contributed by atoms with Crippen molar-refractivity contribution in [3.05, 3.63) is 0 Å². The highest BCUT2D eigenvalue weighted by Gasteiger charge is 2.33. The molecule has 0 atom stereocenters. The molecule has 1 N–H and O–H groups in total. The van der Waals surface area contributed by atoms with Crippen molar-refractivity contribution < 1.29 is 14.2 Å². The molecule has 0 aromatic heterocycles. The van der Waals surface area contributed by atoms with Crippen LogP contribution in [0.15, 0.2) is 0 Å². The van der Waals surface area contributed by atoms with Gasteiger partial charge in [-0.15, -0.1) is 0 Å². The molecule has 0 heterocycles. The van der Waals surface area contributed by atoms with Gasteiger partial charge in [0.05, 0.1) is 32.0 Å². The second-order valence-electron chi connectivity index (χ2n) is 4.37. The van der Waals surface area contributed by atoms with Crippen LogP contribution in [0.3, 0.4) is 0 Å². The van der Waals surface area contributed by atoms with E-state index in [1.807, 2.05) is 7.05 Å². The SMILES string of the molecule is CNCC1(OCCOCCOC)CCCC1. The average molecular weight is 231 g/mol. The van der Waals surface area contributed by atoms with Crippen molar-refractivity contribution in [2.45, 2.75) is 31.3 Å². The maximum Gasteiger partial charge on any atom is 0.0807 e. The highest BCUT2D eigenvalue weighted by molar-refractivity contribution is 4.88. The van der Waals surface area contributed by atoms with Gasteiger partial charge < -0.3 is 19.5 Å². The van der Waals surface area contributed by atoms with Crippen LogP contribution in [0.25, 0.3) is 0 Å². The van der Waals surface area contributed by atoms with E-state index in [4.69, 9.17) is 14.2 Å². The molecule has 0 aliphatic heterocycles. The Morgan fingerprint density at radius 2 is 1.75 bits per heavy atom. The molecule has 4 nitrogen and oxygen atoms in total. The molecule has 0 amide bonds. The molecule has 0 aromatic carbocycles. The standard InChI is InChI=1S/C12H25NO3/c1-13-11-12(5-3-4-6-12)16-10-9-15-8-7-14-2/h13H,3-11H2,1-2H3. The lowest BCUT2D eigenvalue weighted by molar-refractivity contribution is -0.0650. The average Bonchev–Trinajstić information content (AvgIpc) is 2.73. The first-order valence-corrected chi connectivity index (χ1v) is 6.18. The lowest BCUT2D eigenvalue weighted by Gasteiger charge is -2.29. The van der Waals surface area contributed by atoms with E-state index in [9.17, 15) is 0 Å². The second kappa shape index (κ2) is 8.01. The molecule has 0 saturated heterocycles. The zero-order chi connectivity index (χ0) is 11.7. The fraction of sp³-hybridized carbons (Fsp3) is 1.00. The third-order valence-electron chi connectivity index (χ3n) is 3.08. The van der Waals surface area contributed by atoms with Gasteiger partial charge in [0, 0.05) is 13.7 Å². The van der Waals surface area contributed by atoms with Crippen LogP contribution in [0.5, 0.6) is 0 Å². The highest BCUT2D eigenvalue weighted by atomic mass is 16.5. The summed E-state index contributed by atoms with van der Waals surface area (Å²) in [5, 5.41) is 3.23. The van der Waals surface area contributed by atoms with E-state index in [0.29, 0.717) is 26.4 Å². The van der Waals surface area contributed by atoms with E-state index in [2.05, 4.69) is 5.32 Å². The van der Waals surface area contributed by atoms with Gasteiger partial charge >= 0.3 is 0 Å². The summed E-state index contributed by atoms with van der Waals surface area (Å²) in [4.78, 5) is 0. The Labute approximate surface area is 98.6 Å². The quantitative estimate of drug-likeness (QED) is 0.605. The summed E-state index contributed by atoms with van der Waals surface area (Å²) >= 11 is 0. The maximum atomic E-state index is 5.98. The van der Waals surface area contributed by atoms with E-state index < -0.39 is 0 Å². The molecule has 0 spiro atoms. The second-order valence-corrected chi connectivity index (χ2v) is 4.37. The number of methoxy groups -OCH3 is 1. The topological polar surface area (TPSA) is 39.7 Å². The Kier molecular flexibility index (Phi) is 6.96. The number of nitrogens with one attached hydrogen (secondary N) is 1. The lowest BCUT2D eigenvalue weighted by Crippen LogP contribution is -2.40. The smallest absolute Gasteiger partial charge is 0.0807 e. The molecule has 16 heavy (non-hydrogen) atoms. The van der Waals surface area contributed by atoms with Crippen LogP contribution in [0.1, 0.15) is 25.7 Å². The molecule has 0 radical (unpaired) electrons. The lowest BCUT2D eigenvalue weighted by atomic mass is 10.0. The van der Waals surface area contributed by atoms with Crippen LogP contribution >= 0.6 is 0 Å². The summed E-state index contributed by atoms with van der Waals surface area (Å²) in [6, 6.07) is 0. The van der Waals surface area contributed by atoms with Crippen LogP contribution in [-0.4, -0.2) is 52.7 Å². The molecule has 4 heteroatoms. The van der Waals surface area contributed by atoms with Crippen molar-refractivity contribution in [1.29, 1.82) is 0 Å². The minimum Gasteiger partial charge on any atom is -0.382 e. The molecule has 96 valence electrons. The zero-order valence-electron chi connectivity index (χ0n) is 10.6. The summed E-state index contributed by atoms with van der Waals surface area (Å²) in [6.45, 7) is 3.60. The predicted molar refractivity (Wildman–Crippen MR) is 63.8 cm³/mol. The number of likely N-dealkylation sites (N-methyl/N-ethyl adjacent to an activating group) is 1. The van der Waals surface area contributed by atoms with Crippen molar-refractivity contribution >= 4 is 0 Å². The fourth-order valence-electron chi connectivity index (χ4n) is 2.28. The van der Waals surface area contributed by atoms with Crippen LogP contribution in [-0.2, 0) is 14.2 Å². The summed E-state index contributed by atoms with van der Waals surface area (Å²) < 4.78 is 16.3. The number of rotatable bonds is 9. The van der Waals surface area contributed by atoms with E-state index in [-0.39, 0.29) is 5.60 Å². The van der Waals surface area contributed by atoms with Crippen molar-refractivity contribution in [2.24, 2.45) is 0 Å². The van der Waals surface area contributed by atoms with Gasteiger partial charge in [0.1, 0.15) is 0 Å². The Morgan fingerprint density at radius 3 is 2.38 bits per heavy atom. The Morgan fingerprint density at radius 1 is 1.06 bits per heavy atom. The van der Waals surface area contributed by atoms with Crippen molar-refractivity contribution in [1.82, 2.24) is 5.32 Å². The Bertz CT molecular complexity index is 170. The van der Waals surface area contributed by atoms with Crippen LogP contribution in [0, 0.1) is 0 Å². The first-order chi connectivity index (χ1) is 7.83. The molecule has 1 aliphatic carbocycles. The van der Waals surface area contributed by atoms with Gasteiger partial charge in [0.2, 0.25) is 0 Å². The van der Waals surface area contributed by atoms with E-state index in [1.165, 1.54) is 25.7 Å². The fourth-order valence-corrected chi connectivity index (χ4v) is 2.28. The molecular weight excluding hydrogens is 206 g/mol. The monoisotopic (exact) mass is 231 g/mol. The predicted octanol–water partition coefficient (Wildman–Crippen LogP) is 1.20. The molecule has 0 unspecified atom stereocenters. The van der Waals surface area contributed by atoms with E-state index in [0.717, 1.165) is 6.54 Å². The van der Waals surface area contributed by atoms with Crippen LogP contribution < -0.4 is 5.32 Å². The molecule has 0 bridgehead atoms. The molecule has 1 fully saturated rings. The van der Waals surface area contributed by atoms with Gasteiger partial charge in [0.25, 0.3) is 0 Å². The molecule has 1 saturated carbocycles. The van der Waals surface area contributed by atoms with Gasteiger partial charge in [0.15, 0.2) is 0 Å². The number of ether oxygens (including phenoxy) is 3. The van der Waals surface area contributed by atoms with E-state index >= 15 is 0 Å². The van der Waals surface area contributed by atoms with Gasteiger partial charge in [-0.3, -0.25) is 0 Å². The summed E-state index contributed by atoms with van der Waals surface area (Å²) in [6.07, 6.45) is 4.91. The zero-order valence-corrected chi connectivity index (χ0v) is 10.6. The van der Waals surface area contributed by atoms with E-state index in [1.54, 1.807) is 7.11 Å². The first-order valence-electron chi connectivity index (χ1n) is 6.18. The number of hydrogen-bond donors (Lipinski definition) is 1. The molecule has 0 aromatic rings. The third kappa shape index (κ3) is 4.78. The molecule has 1 aliphatic rings. The Balaban J connectivity index is 2.08. The first kappa shape index (κ1) is 13.9. The highest BCUT2D eigenvalue weighted by Crippen LogP contribution is 2.32. The summed E-state index contributed by atoms with van der Waals surface area (Å²) in [7, 11) is 3.67. The van der Waals surface area contributed by atoms with Gasteiger partial charge in [-0.25, -0.2) is 0 Å². The van der Waals surface area contributed by atoms with Crippen molar-refractivity contribution in [2.75, 3.05) is 47.1 Å². The Hall–Kier alpha value is -0.160. The van der Waals surface area contributed by atoms with Crippen LogP contribution in [0.4, 0.5) is 0 Å². The van der Waals surface area contributed by atoms with Crippen molar-refractivity contribution in [3.63, 3.8) is 0 Å².